The number of aromatic nitrogens is 1. The first-order valence-electron chi connectivity index (χ1n) is 9.79. The van der Waals surface area contributed by atoms with E-state index < -0.39 is 17.4 Å². The van der Waals surface area contributed by atoms with Crippen molar-refractivity contribution in [1.29, 1.82) is 5.41 Å². The molecule has 2 heterocycles. The van der Waals surface area contributed by atoms with Gasteiger partial charge in [-0.05, 0) is 50.1 Å². The summed E-state index contributed by atoms with van der Waals surface area (Å²) in [6, 6.07) is 7.01. The number of carbonyl (C=O) groups excluding carboxylic acids is 1. The van der Waals surface area contributed by atoms with Crippen LogP contribution in [0, 0.1) is 5.41 Å². The van der Waals surface area contributed by atoms with Gasteiger partial charge < -0.3 is 11.1 Å². The Balaban J connectivity index is 1.82. The number of hydrogen-bond acceptors (Lipinski definition) is 5. The number of hydrogen-bond donors (Lipinski definition) is 3. The molecule has 1 fully saturated rings. The van der Waals surface area contributed by atoms with Crippen molar-refractivity contribution in [2.24, 2.45) is 0 Å². The van der Waals surface area contributed by atoms with Gasteiger partial charge in [-0.3, -0.25) is 20.1 Å². The molecular weight excluding hydrogens is 388 g/mol. The van der Waals surface area contributed by atoms with Gasteiger partial charge in [0.15, 0.2) is 0 Å². The summed E-state index contributed by atoms with van der Waals surface area (Å²) in [7, 11) is 0. The Labute approximate surface area is 175 Å². The summed E-state index contributed by atoms with van der Waals surface area (Å²) in [5.74, 6) is -3.14. The van der Waals surface area contributed by atoms with Crippen LogP contribution in [0.4, 0.5) is 14.5 Å². The second kappa shape index (κ2) is 8.10. The molecule has 6 nitrogen and oxygen atoms in total. The molecule has 0 atom stereocenters. The standard InChI is InChI=1S/C22H27F2N5O/c1-21(2,3)28-20(30)19(26)17-9-15(4-5-18(17)25)16-8-14(10-27-11-16)12-29-7-6-22(23,24)13-29/h4-5,8-11,26H,6-7,12-13,25H2,1-3H3,(H,28,30). The van der Waals surface area contributed by atoms with Crippen molar-refractivity contribution in [2.75, 3.05) is 18.8 Å². The molecule has 0 spiro atoms. The summed E-state index contributed by atoms with van der Waals surface area (Å²) in [5.41, 5.74) is 8.33. The molecule has 8 heteroatoms. The van der Waals surface area contributed by atoms with Crippen molar-refractivity contribution < 1.29 is 13.6 Å². The Hall–Kier alpha value is -2.87. The number of amides is 1. The van der Waals surface area contributed by atoms with Crippen LogP contribution in [0.1, 0.15) is 38.3 Å². The molecule has 4 N–H and O–H groups in total. The highest BCUT2D eigenvalue weighted by molar-refractivity contribution is 6.45. The number of carbonyl (C=O) groups is 1. The maximum absolute atomic E-state index is 13.4. The van der Waals surface area contributed by atoms with Crippen LogP contribution in [0.3, 0.4) is 0 Å². The molecule has 1 aromatic carbocycles. The van der Waals surface area contributed by atoms with E-state index in [1.54, 1.807) is 35.5 Å². The number of alkyl halides is 2. The van der Waals surface area contributed by atoms with Crippen LogP contribution >= 0.6 is 0 Å². The maximum Gasteiger partial charge on any atom is 0.270 e. The zero-order chi connectivity index (χ0) is 22.1. The highest BCUT2D eigenvalue weighted by Gasteiger charge is 2.37. The van der Waals surface area contributed by atoms with Gasteiger partial charge in [-0.2, -0.15) is 0 Å². The molecule has 0 radical (unpaired) electrons. The summed E-state index contributed by atoms with van der Waals surface area (Å²) < 4.78 is 26.9. The Morgan fingerprint density at radius 1 is 1.27 bits per heavy atom. The Morgan fingerprint density at radius 2 is 2.00 bits per heavy atom. The van der Waals surface area contributed by atoms with E-state index in [-0.39, 0.29) is 18.7 Å². The normalized spacial score (nSPS) is 16.4. The first-order chi connectivity index (χ1) is 13.9. The molecule has 1 amide bonds. The summed E-state index contributed by atoms with van der Waals surface area (Å²) >= 11 is 0. The third-order valence-corrected chi connectivity index (χ3v) is 4.82. The number of nitrogens with zero attached hydrogens (tertiary/aromatic N) is 2. The molecule has 3 rings (SSSR count). The Kier molecular flexibility index (Phi) is 5.90. The smallest absolute Gasteiger partial charge is 0.270 e. The topological polar surface area (TPSA) is 95.1 Å². The van der Waals surface area contributed by atoms with Gasteiger partial charge in [0.25, 0.3) is 11.8 Å². The zero-order valence-electron chi connectivity index (χ0n) is 17.4. The summed E-state index contributed by atoms with van der Waals surface area (Å²) in [6.45, 7) is 6.01. The van der Waals surface area contributed by atoms with E-state index in [4.69, 9.17) is 11.1 Å². The third-order valence-electron chi connectivity index (χ3n) is 4.82. The van der Waals surface area contributed by atoms with E-state index in [1.165, 1.54) is 0 Å². The molecule has 160 valence electrons. The van der Waals surface area contributed by atoms with Gasteiger partial charge in [0.1, 0.15) is 5.71 Å². The van der Waals surface area contributed by atoms with Gasteiger partial charge >= 0.3 is 0 Å². The summed E-state index contributed by atoms with van der Waals surface area (Å²) in [5, 5.41) is 11.0. The Bertz CT molecular complexity index is 968. The lowest BCUT2D eigenvalue weighted by Gasteiger charge is -2.21. The fraction of sp³-hybridized carbons (Fsp3) is 0.409. The van der Waals surface area contributed by atoms with Crippen LogP contribution in [-0.4, -0.2) is 46.1 Å². The zero-order valence-corrected chi connectivity index (χ0v) is 17.4. The minimum Gasteiger partial charge on any atom is -0.398 e. The van der Waals surface area contributed by atoms with Crippen LogP contribution < -0.4 is 11.1 Å². The first-order valence-corrected chi connectivity index (χ1v) is 9.79. The van der Waals surface area contributed by atoms with E-state index >= 15 is 0 Å². The number of likely N-dealkylation sites (tertiary alicyclic amines) is 1. The number of rotatable bonds is 5. The number of nitrogens with two attached hydrogens (primary N) is 1. The van der Waals surface area contributed by atoms with Gasteiger partial charge in [0.2, 0.25) is 0 Å². The average Bonchev–Trinajstić information content (AvgIpc) is 2.98. The number of anilines is 1. The number of nitrogen functional groups attached to an aromatic ring is 1. The number of benzene rings is 1. The molecule has 0 aliphatic carbocycles. The predicted molar refractivity (Wildman–Crippen MR) is 114 cm³/mol. The fourth-order valence-corrected chi connectivity index (χ4v) is 3.41. The predicted octanol–water partition coefficient (Wildman–Crippen LogP) is 3.45. The lowest BCUT2D eigenvalue weighted by Crippen LogP contribution is -2.44. The van der Waals surface area contributed by atoms with Crippen molar-refractivity contribution in [3.05, 3.63) is 47.8 Å². The van der Waals surface area contributed by atoms with Crippen molar-refractivity contribution in [2.45, 2.75) is 45.2 Å². The van der Waals surface area contributed by atoms with E-state index in [0.717, 1.165) is 16.7 Å². The minimum absolute atomic E-state index is 0.125. The number of pyridine rings is 1. The summed E-state index contributed by atoms with van der Waals surface area (Å²) in [6.07, 6.45) is 3.20. The first kappa shape index (κ1) is 21.8. The second-order valence-corrected chi connectivity index (χ2v) is 8.78. The van der Waals surface area contributed by atoms with Crippen LogP contribution in [0.15, 0.2) is 36.7 Å². The molecule has 0 bridgehead atoms. The van der Waals surface area contributed by atoms with E-state index in [1.807, 2.05) is 26.8 Å². The lowest BCUT2D eigenvalue weighted by atomic mass is 9.98. The maximum atomic E-state index is 13.4. The van der Waals surface area contributed by atoms with Crippen LogP contribution in [0.25, 0.3) is 11.1 Å². The van der Waals surface area contributed by atoms with Crippen molar-refractivity contribution >= 4 is 17.3 Å². The van der Waals surface area contributed by atoms with Gasteiger partial charge in [0.05, 0.1) is 6.54 Å². The van der Waals surface area contributed by atoms with Gasteiger partial charge in [-0.25, -0.2) is 8.78 Å². The molecule has 30 heavy (non-hydrogen) atoms. The minimum atomic E-state index is -2.63. The molecule has 0 saturated carbocycles. The molecule has 1 aromatic heterocycles. The van der Waals surface area contributed by atoms with Crippen LogP contribution in [0.5, 0.6) is 0 Å². The highest BCUT2D eigenvalue weighted by Crippen LogP contribution is 2.29. The third kappa shape index (κ3) is 5.38. The lowest BCUT2D eigenvalue weighted by molar-refractivity contribution is -0.116. The Morgan fingerprint density at radius 3 is 2.63 bits per heavy atom. The van der Waals surface area contributed by atoms with Crippen molar-refractivity contribution in [3.63, 3.8) is 0 Å². The van der Waals surface area contributed by atoms with Crippen LogP contribution in [0.2, 0.25) is 0 Å². The summed E-state index contributed by atoms with van der Waals surface area (Å²) in [4.78, 5) is 18.3. The molecular formula is C22H27F2N5O. The molecule has 0 unspecified atom stereocenters. The van der Waals surface area contributed by atoms with Gasteiger partial charge in [0, 0.05) is 54.3 Å². The van der Waals surface area contributed by atoms with Crippen LogP contribution in [-0.2, 0) is 11.3 Å². The quantitative estimate of drug-likeness (QED) is 0.515. The van der Waals surface area contributed by atoms with Crippen molar-refractivity contribution in [1.82, 2.24) is 15.2 Å². The number of halogens is 2. The van der Waals surface area contributed by atoms with E-state index in [9.17, 15) is 13.6 Å². The molecule has 1 saturated heterocycles. The molecule has 1 aliphatic heterocycles. The molecule has 2 aromatic rings. The molecule has 1 aliphatic rings. The average molecular weight is 415 g/mol. The van der Waals surface area contributed by atoms with E-state index in [2.05, 4.69) is 10.3 Å². The second-order valence-electron chi connectivity index (χ2n) is 8.78. The highest BCUT2D eigenvalue weighted by atomic mass is 19.3. The van der Waals surface area contributed by atoms with Gasteiger partial charge in [-0.1, -0.05) is 6.07 Å². The fourth-order valence-electron chi connectivity index (χ4n) is 3.41. The largest absolute Gasteiger partial charge is 0.398 e. The SMILES string of the molecule is CC(C)(C)NC(=O)C(=N)c1cc(-c2cncc(CN3CCC(F)(F)C3)c2)ccc1N. The van der Waals surface area contributed by atoms with Crippen molar-refractivity contribution in [3.8, 4) is 11.1 Å². The van der Waals surface area contributed by atoms with E-state index in [0.29, 0.717) is 24.3 Å². The van der Waals surface area contributed by atoms with Gasteiger partial charge in [-0.15, -0.1) is 0 Å². The monoisotopic (exact) mass is 415 g/mol. The number of nitrogens with one attached hydrogen (secondary N) is 2.